The average Bonchev–Trinajstić information content (AvgIpc) is 3.84. The summed E-state index contributed by atoms with van der Waals surface area (Å²) in [6, 6.07) is 49.1. The normalized spacial score (nSPS) is 12.1. The molecule has 10 aromatic rings. The molecular weight excluding hydrogens is 723 g/mol. The zero-order chi connectivity index (χ0) is 37.6. The maximum atomic E-state index is 6.84. The first-order chi connectivity index (χ1) is 27.7. The van der Waals surface area contributed by atoms with Crippen LogP contribution >= 0.6 is 23.1 Å². The van der Waals surface area contributed by atoms with E-state index in [1.54, 1.807) is 23.1 Å². The van der Waals surface area contributed by atoms with Gasteiger partial charge in [-0.2, -0.15) is 0 Å². The zero-order valence-electron chi connectivity index (χ0n) is 30.9. The van der Waals surface area contributed by atoms with Crippen molar-refractivity contribution in [3.8, 4) is 45.3 Å². The molecule has 0 spiro atoms. The van der Waals surface area contributed by atoms with Gasteiger partial charge in [-0.15, -0.1) is 23.1 Å². The summed E-state index contributed by atoms with van der Waals surface area (Å²) in [5.41, 5.74) is 7.99. The maximum Gasteiger partial charge on any atom is 0.164 e. The number of fused-ring (bicyclic) bond motifs is 7. The number of para-hydroxylation sites is 1. The second-order valence-corrected chi connectivity index (χ2v) is 15.7. The van der Waals surface area contributed by atoms with Crippen molar-refractivity contribution in [3.63, 3.8) is 0 Å². The molecular formula is C50H35N3OS2. The Balaban J connectivity index is 1.21. The second kappa shape index (κ2) is 14.4. The SMILES string of the molecule is C/C=C\C=C/Cc1c(SC)cccc1-c1cccc2c1oc1cccc(-c3nc(-c4ccc5ccccc5c4)nc(-c4cccc5sc6ccccc6c45)n3)c12. The summed E-state index contributed by atoms with van der Waals surface area (Å²) in [6.07, 6.45) is 11.4. The zero-order valence-corrected chi connectivity index (χ0v) is 32.5. The van der Waals surface area contributed by atoms with Gasteiger partial charge in [0.25, 0.3) is 0 Å². The summed E-state index contributed by atoms with van der Waals surface area (Å²) in [4.78, 5) is 17.1. The Morgan fingerprint density at radius 3 is 2.12 bits per heavy atom. The molecule has 0 fully saturated rings. The Hall–Kier alpha value is -6.34. The summed E-state index contributed by atoms with van der Waals surface area (Å²) in [5.74, 6) is 1.87. The van der Waals surface area contributed by atoms with Gasteiger partial charge in [-0.05, 0) is 71.8 Å². The van der Waals surface area contributed by atoms with Gasteiger partial charge in [0.15, 0.2) is 17.5 Å². The number of furan rings is 1. The van der Waals surface area contributed by atoms with Crippen molar-refractivity contribution in [2.45, 2.75) is 18.2 Å². The van der Waals surface area contributed by atoms with E-state index in [0.29, 0.717) is 17.5 Å². The molecule has 0 aliphatic heterocycles. The molecule has 268 valence electrons. The van der Waals surface area contributed by atoms with E-state index in [0.717, 1.165) is 61.4 Å². The number of rotatable bonds is 8. The number of hydrogen-bond donors (Lipinski definition) is 0. The molecule has 3 heterocycles. The lowest BCUT2D eigenvalue weighted by Gasteiger charge is -2.13. The fourth-order valence-corrected chi connectivity index (χ4v) is 9.66. The first kappa shape index (κ1) is 34.2. The van der Waals surface area contributed by atoms with Crippen LogP contribution in [0.4, 0.5) is 0 Å². The Morgan fingerprint density at radius 1 is 0.589 bits per heavy atom. The van der Waals surface area contributed by atoms with Crippen LogP contribution in [0, 0.1) is 0 Å². The maximum absolute atomic E-state index is 6.84. The topological polar surface area (TPSA) is 51.8 Å². The third-order valence-electron chi connectivity index (χ3n) is 10.5. The summed E-state index contributed by atoms with van der Waals surface area (Å²) in [6.45, 7) is 2.04. The number of benzene rings is 7. The van der Waals surface area contributed by atoms with E-state index in [2.05, 4.69) is 158 Å². The minimum Gasteiger partial charge on any atom is -0.455 e. The van der Waals surface area contributed by atoms with E-state index in [-0.39, 0.29) is 0 Å². The fourth-order valence-electron chi connectivity index (χ4n) is 7.88. The minimum absolute atomic E-state index is 0.604. The molecule has 0 aliphatic rings. The number of aromatic nitrogens is 3. The lowest BCUT2D eigenvalue weighted by atomic mass is 9.95. The van der Waals surface area contributed by atoms with Crippen LogP contribution in [0.5, 0.6) is 0 Å². The van der Waals surface area contributed by atoms with E-state index in [9.17, 15) is 0 Å². The van der Waals surface area contributed by atoms with Crippen LogP contribution in [0.2, 0.25) is 0 Å². The van der Waals surface area contributed by atoms with Gasteiger partial charge in [-0.25, -0.2) is 15.0 Å². The van der Waals surface area contributed by atoms with Gasteiger partial charge in [0.05, 0.1) is 0 Å². The lowest BCUT2D eigenvalue weighted by molar-refractivity contribution is 0.670. The van der Waals surface area contributed by atoms with Crippen molar-refractivity contribution in [1.29, 1.82) is 0 Å². The molecule has 3 aromatic heterocycles. The van der Waals surface area contributed by atoms with E-state index in [4.69, 9.17) is 19.4 Å². The van der Waals surface area contributed by atoms with Crippen molar-refractivity contribution in [1.82, 2.24) is 15.0 Å². The fraction of sp³-hybridized carbons (Fsp3) is 0.0600. The first-order valence-electron chi connectivity index (χ1n) is 18.7. The molecule has 0 N–H and O–H groups in total. The van der Waals surface area contributed by atoms with Gasteiger partial charge in [-0.1, -0.05) is 133 Å². The highest BCUT2D eigenvalue weighted by molar-refractivity contribution is 7.98. The molecule has 0 saturated carbocycles. The largest absolute Gasteiger partial charge is 0.455 e. The highest BCUT2D eigenvalue weighted by Crippen LogP contribution is 2.43. The molecule has 6 heteroatoms. The van der Waals surface area contributed by atoms with Gasteiger partial charge in [-0.3, -0.25) is 0 Å². The quantitative estimate of drug-likeness (QED) is 0.114. The number of nitrogens with zero attached hydrogens (tertiary/aromatic N) is 3. The molecule has 0 saturated heterocycles. The number of allylic oxidation sites excluding steroid dienone is 4. The van der Waals surface area contributed by atoms with E-state index < -0.39 is 0 Å². The standard InChI is InChI=1S/C50H35N3OS2/c1-3-4-5-6-17-35-34(19-13-26-42(35)55-2)36-20-11-21-38-45-39(22-12-24-41(45)54-47(36)38)49-51-48(33-29-28-31-15-7-8-16-32(31)30-33)52-50(53-49)40-23-14-27-44-46(40)37-18-9-10-25-43(37)56-44/h3-16,18-30H,17H2,1-2H3/b4-3-,6-5-. The molecule has 0 bridgehead atoms. The summed E-state index contributed by atoms with van der Waals surface area (Å²) in [7, 11) is 0. The molecule has 10 rings (SSSR count). The van der Waals surface area contributed by atoms with E-state index in [1.165, 1.54) is 36.2 Å². The number of thiophene rings is 1. The van der Waals surface area contributed by atoms with Gasteiger partial charge in [0.1, 0.15) is 11.2 Å². The smallest absolute Gasteiger partial charge is 0.164 e. The highest BCUT2D eigenvalue weighted by atomic mass is 32.2. The van der Waals surface area contributed by atoms with Crippen LogP contribution in [-0.4, -0.2) is 21.2 Å². The van der Waals surface area contributed by atoms with Crippen LogP contribution in [0.3, 0.4) is 0 Å². The predicted molar refractivity (Wildman–Crippen MR) is 239 cm³/mol. The summed E-state index contributed by atoms with van der Waals surface area (Å²) < 4.78 is 9.28. The van der Waals surface area contributed by atoms with Crippen LogP contribution < -0.4 is 0 Å². The number of hydrogen-bond acceptors (Lipinski definition) is 6. The van der Waals surface area contributed by atoms with Gasteiger partial charge < -0.3 is 4.42 Å². The highest BCUT2D eigenvalue weighted by Gasteiger charge is 2.22. The molecule has 0 unspecified atom stereocenters. The molecule has 0 radical (unpaired) electrons. The van der Waals surface area contributed by atoms with Gasteiger partial charge in [0.2, 0.25) is 0 Å². The van der Waals surface area contributed by atoms with Crippen LogP contribution in [0.1, 0.15) is 12.5 Å². The second-order valence-electron chi connectivity index (χ2n) is 13.8. The molecule has 7 aromatic carbocycles. The van der Waals surface area contributed by atoms with Crippen LogP contribution in [0.25, 0.3) is 98.2 Å². The van der Waals surface area contributed by atoms with Crippen molar-refractivity contribution < 1.29 is 4.42 Å². The molecule has 0 aliphatic carbocycles. The minimum atomic E-state index is 0.604. The molecule has 4 nitrogen and oxygen atoms in total. The Kier molecular flexibility index (Phi) is 8.78. The average molecular weight is 758 g/mol. The molecule has 0 amide bonds. The Labute approximate surface area is 332 Å². The van der Waals surface area contributed by atoms with Crippen molar-refractivity contribution in [2.75, 3.05) is 6.26 Å². The third kappa shape index (κ3) is 5.90. The Morgan fingerprint density at radius 2 is 1.27 bits per heavy atom. The number of thioether (sulfide) groups is 1. The first-order valence-corrected chi connectivity index (χ1v) is 20.8. The summed E-state index contributed by atoms with van der Waals surface area (Å²) in [5, 5.41) is 6.69. The van der Waals surface area contributed by atoms with Crippen LogP contribution in [-0.2, 0) is 6.42 Å². The third-order valence-corrected chi connectivity index (χ3v) is 12.4. The monoisotopic (exact) mass is 757 g/mol. The van der Waals surface area contributed by atoms with Crippen molar-refractivity contribution in [3.05, 3.63) is 169 Å². The van der Waals surface area contributed by atoms with Crippen LogP contribution in [0.15, 0.2) is 173 Å². The van der Waals surface area contributed by atoms with E-state index >= 15 is 0 Å². The lowest BCUT2D eigenvalue weighted by Crippen LogP contribution is -2.00. The van der Waals surface area contributed by atoms with Crippen molar-refractivity contribution in [2.24, 2.45) is 0 Å². The van der Waals surface area contributed by atoms with Gasteiger partial charge in [0, 0.05) is 58.1 Å². The van der Waals surface area contributed by atoms with E-state index in [1.807, 2.05) is 19.1 Å². The predicted octanol–water partition coefficient (Wildman–Crippen LogP) is 14.4. The Bertz CT molecular complexity index is 3190. The molecule has 56 heavy (non-hydrogen) atoms. The van der Waals surface area contributed by atoms with Crippen molar-refractivity contribution >= 4 is 76.0 Å². The van der Waals surface area contributed by atoms with Gasteiger partial charge >= 0.3 is 0 Å². The molecule has 0 atom stereocenters. The summed E-state index contributed by atoms with van der Waals surface area (Å²) >= 11 is 3.57.